The monoisotopic (exact) mass is 376 g/mol. The SMILES string of the molecule is CCOC(=O)Cc1csc(NC(=O)[C@H](C)n2nc(C3CC3)ccc2=O)n1. The fraction of sp³-hybridized carbons (Fsp3) is 0.471. The number of nitrogens with one attached hydrogen (secondary N) is 1. The number of anilines is 1. The maximum absolute atomic E-state index is 12.5. The van der Waals surface area contributed by atoms with Crippen molar-refractivity contribution in [3.05, 3.63) is 39.3 Å². The first-order valence-corrected chi connectivity index (χ1v) is 9.36. The number of rotatable bonds is 7. The quantitative estimate of drug-likeness (QED) is 0.740. The van der Waals surface area contributed by atoms with Crippen LogP contribution < -0.4 is 10.9 Å². The smallest absolute Gasteiger partial charge is 0.311 e. The van der Waals surface area contributed by atoms with E-state index in [2.05, 4.69) is 15.4 Å². The molecule has 1 fully saturated rings. The Kier molecular flexibility index (Phi) is 5.46. The molecule has 1 saturated carbocycles. The molecule has 1 amide bonds. The summed E-state index contributed by atoms with van der Waals surface area (Å²) in [6.45, 7) is 3.67. The maximum Gasteiger partial charge on any atom is 0.311 e. The minimum absolute atomic E-state index is 0.0558. The van der Waals surface area contributed by atoms with Crippen LogP contribution in [0, 0.1) is 0 Å². The van der Waals surface area contributed by atoms with E-state index in [0.717, 1.165) is 18.5 Å². The first-order chi connectivity index (χ1) is 12.5. The van der Waals surface area contributed by atoms with Gasteiger partial charge in [0.15, 0.2) is 5.13 Å². The van der Waals surface area contributed by atoms with Crippen molar-refractivity contribution in [2.75, 3.05) is 11.9 Å². The number of carbonyl (C=O) groups excluding carboxylic acids is 2. The second kappa shape index (κ2) is 7.77. The summed E-state index contributed by atoms with van der Waals surface area (Å²) in [5.41, 5.74) is 1.05. The standard InChI is InChI=1S/C17H20N4O4S/c1-3-25-15(23)8-12-9-26-17(18-12)19-16(24)10(2)21-14(22)7-6-13(20-21)11-4-5-11/h6-7,9-11H,3-5,8H2,1-2H3,(H,18,19,24)/t10-/m0/s1. The van der Waals surface area contributed by atoms with Crippen molar-refractivity contribution in [3.8, 4) is 0 Å². The molecule has 2 aromatic heterocycles. The fourth-order valence-corrected chi connectivity index (χ4v) is 3.15. The van der Waals surface area contributed by atoms with Crippen LogP contribution in [0.5, 0.6) is 0 Å². The highest BCUT2D eigenvalue weighted by Crippen LogP contribution is 2.38. The lowest BCUT2D eigenvalue weighted by Gasteiger charge is -2.13. The van der Waals surface area contributed by atoms with Crippen LogP contribution in [-0.2, 0) is 20.7 Å². The molecule has 26 heavy (non-hydrogen) atoms. The van der Waals surface area contributed by atoms with E-state index in [-0.39, 0.29) is 23.9 Å². The number of esters is 1. The van der Waals surface area contributed by atoms with Gasteiger partial charge in [-0.2, -0.15) is 5.10 Å². The van der Waals surface area contributed by atoms with Crippen molar-refractivity contribution < 1.29 is 14.3 Å². The third-order valence-electron chi connectivity index (χ3n) is 4.00. The van der Waals surface area contributed by atoms with Crippen molar-refractivity contribution in [2.45, 2.75) is 45.1 Å². The lowest BCUT2D eigenvalue weighted by molar-refractivity contribution is -0.142. The van der Waals surface area contributed by atoms with Gasteiger partial charge in [-0.15, -0.1) is 11.3 Å². The molecule has 1 aliphatic rings. The first kappa shape index (κ1) is 18.2. The minimum atomic E-state index is -0.765. The Hall–Kier alpha value is -2.55. The summed E-state index contributed by atoms with van der Waals surface area (Å²) >= 11 is 1.21. The van der Waals surface area contributed by atoms with E-state index in [9.17, 15) is 14.4 Å². The van der Waals surface area contributed by atoms with Gasteiger partial charge in [0.05, 0.1) is 24.4 Å². The fourth-order valence-electron chi connectivity index (χ4n) is 2.44. The first-order valence-electron chi connectivity index (χ1n) is 8.48. The molecule has 0 unspecified atom stereocenters. The summed E-state index contributed by atoms with van der Waals surface area (Å²) in [6, 6.07) is 2.41. The Labute approximate surface area is 154 Å². The molecule has 2 aromatic rings. The van der Waals surface area contributed by atoms with Gasteiger partial charge in [-0.05, 0) is 32.8 Å². The van der Waals surface area contributed by atoms with E-state index >= 15 is 0 Å². The summed E-state index contributed by atoms with van der Waals surface area (Å²) in [5, 5.41) is 9.06. The van der Waals surface area contributed by atoms with Gasteiger partial charge in [-0.3, -0.25) is 14.4 Å². The number of hydrogen-bond acceptors (Lipinski definition) is 7. The number of nitrogens with zero attached hydrogens (tertiary/aromatic N) is 3. The number of thiazole rings is 1. The van der Waals surface area contributed by atoms with Crippen molar-refractivity contribution in [1.29, 1.82) is 0 Å². The van der Waals surface area contributed by atoms with Gasteiger partial charge in [0.25, 0.3) is 11.5 Å². The second-order valence-corrected chi connectivity index (χ2v) is 6.96. The van der Waals surface area contributed by atoms with Gasteiger partial charge in [0.2, 0.25) is 0 Å². The summed E-state index contributed by atoms with van der Waals surface area (Å²) < 4.78 is 6.08. The van der Waals surface area contributed by atoms with Crippen molar-refractivity contribution in [2.24, 2.45) is 0 Å². The Bertz CT molecular complexity index is 872. The highest BCUT2D eigenvalue weighted by Gasteiger charge is 2.27. The van der Waals surface area contributed by atoms with E-state index in [1.165, 1.54) is 22.1 Å². The molecular formula is C17H20N4O4S. The summed E-state index contributed by atoms with van der Waals surface area (Å²) in [5.74, 6) is -0.359. The molecular weight excluding hydrogens is 356 g/mol. The topological polar surface area (TPSA) is 103 Å². The van der Waals surface area contributed by atoms with Crippen molar-refractivity contribution >= 4 is 28.3 Å². The van der Waals surface area contributed by atoms with Crippen LogP contribution in [0.3, 0.4) is 0 Å². The molecule has 1 atom stereocenters. The van der Waals surface area contributed by atoms with Crippen LogP contribution in [0.4, 0.5) is 5.13 Å². The van der Waals surface area contributed by atoms with Crippen molar-refractivity contribution in [1.82, 2.24) is 14.8 Å². The summed E-state index contributed by atoms with van der Waals surface area (Å²) in [4.78, 5) is 40.2. The maximum atomic E-state index is 12.5. The molecule has 2 heterocycles. The van der Waals surface area contributed by atoms with Gasteiger partial charge in [-0.1, -0.05) is 0 Å². The molecule has 3 rings (SSSR count). The molecule has 0 aromatic carbocycles. The predicted octanol–water partition coefficient (Wildman–Crippen LogP) is 1.88. The Morgan fingerprint density at radius 3 is 2.88 bits per heavy atom. The Balaban J connectivity index is 1.66. The highest BCUT2D eigenvalue weighted by molar-refractivity contribution is 7.13. The van der Waals surface area contributed by atoms with E-state index in [1.54, 1.807) is 25.3 Å². The number of ether oxygens (including phenoxy) is 1. The third-order valence-corrected chi connectivity index (χ3v) is 4.81. The normalized spacial score (nSPS) is 14.7. The zero-order valence-corrected chi connectivity index (χ0v) is 15.4. The van der Waals surface area contributed by atoms with Gasteiger partial charge >= 0.3 is 5.97 Å². The molecule has 0 spiro atoms. The molecule has 0 bridgehead atoms. The van der Waals surface area contributed by atoms with Crippen LogP contribution in [0.2, 0.25) is 0 Å². The van der Waals surface area contributed by atoms with Gasteiger partial charge in [-0.25, -0.2) is 9.67 Å². The molecule has 0 aliphatic heterocycles. The minimum Gasteiger partial charge on any atom is -0.466 e. The Morgan fingerprint density at radius 1 is 1.42 bits per heavy atom. The number of carbonyl (C=O) groups is 2. The molecule has 138 valence electrons. The second-order valence-electron chi connectivity index (χ2n) is 6.11. The molecule has 9 heteroatoms. The third kappa shape index (κ3) is 4.34. The van der Waals surface area contributed by atoms with Crippen LogP contribution in [0.25, 0.3) is 0 Å². The molecule has 1 aliphatic carbocycles. The van der Waals surface area contributed by atoms with Crippen LogP contribution in [0.1, 0.15) is 50.0 Å². The molecule has 0 saturated heterocycles. The van der Waals surface area contributed by atoms with Crippen LogP contribution in [-0.4, -0.2) is 33.2 Å². The highest BCUT2D eigenvalue weighted by atomic mass is 32.1. The van der Waals surface area contributed by atoms with Gasteiger partial charge in [0, 0.05) is 17.4 Å². The lowest BCUT2D eigenvalue weighted by Crippen LogP contribution is -2.33. The molecule has 8 nitrogen and oxygen atoms in total. The molecule has 0 radical (unpaired) electrons. The summed E-state index contributed by atoms with van der Waals surface area (Å²) in [7, 11) is 0. The predicted molar refractivity (Wildman–Crippen MR) is 96.3 cm³/mol. The van der Waals surface area contributed by atoms with Gasteiger partial charge < -0.3 is 10.1 Å². The Morgan fingerprint density at radius 2 is 2.19 bits per heavy atom. The zero-order valence-electron chi connectivity index (χ0n) is 14.6. The van der Waals surface area contributed by atoms with E-state index in [4.69, 9.17) is 4.74 Å². The molecule has 1 N–H and O–H groups in total. The van der Waals surface area contributed by atoms with E-state index in [0.29, 0.717) is 23.4 Å². The zero-order chi connectivity index (χ0) is 18.7. The average Bonchev–Trinajstić information content (AvgIpc) is 3.37. The number of hydrogen-bond donors (Lipinski definition) is 1. The average molecular weight is 376 g/mol. The summed E-state index contributed by atoms with van der Waals surface area (Å²) in [6.07, 6.45) is 2.18. The van der Waals surface area contributed by atoms with E-state index in [1.807, 2.05) is 0 Å². The number of amides is 1. The van der Waals surface area contributed by atoms with E-state index < -0.39 is 6.04 Å². The lowest BCUT2D eigenvalue weighted by atomic mass is 10.2. The van der Waals surface area contributed by atoms with Gasteiger partial charge in [0.1, 0.15) is 6.04 Å². The number of aromatic nitrogens is 3. The van der Waals surface area contributed by atoms with Crippen LogP contribution in [0.15, 0.2) is 22.3 Å². The van der Waals surface area contributed by atoms with Crippen molar-refractivity contribution in [3.63, 3.8) is 0 Å². The largest absolute Gasteiger partial charge is 0.466 e. The van der Waals surface area contributed by atoms with Crippen LogP contribution >= 0.6 is 11.3 Å².